The lowest BCUT2D eigenvalue weighted by atomic mass is 10.1. The summed E-state index contributed by atoms with van der Waals surface area (Å²) >= 11 is 0. The minimum atomic E-state index is -3.74. The number of hydrogen-bond acceptors (Lipinski definition) is 8. The number of aromatic nitrogens is 1. The molecule has 1 saturated heterocycles. The molecule has 41 heavy (non-hydrogen) atoms. The van der Waals surface area contributed by atoms with Gasteiger partial charge in [0.25, 0.3) is 5.91 Å². The van der Waals surface area contributed by atoms with Gasteiger partial charge in [-0.2, -0.15) is 0 Å². The van der Waals surface area contributed by atoms with E-state index in [1.54, 1.807) is 13.2 Å². The summed E-state index contributed by atoms with van der Waals surface area (Å²) < 4.78 is 38.7. The molecule has 1 aromatic heterocycles. The van der Waals surface area contributed by atoms with Crippen molar-refractivity contribution in [2.75, 3.05) is 13.7 Å². The standard InChI is InChI=1S/C30H32N4O6S/c1-3-19-16-30(19,29(36)34-41(37,38)22-10-11-22)33-28(35)26-14-21(17-31-26)40-27-15-24(18-7-5-4-6-8-18)32-25-13-20(39-2)9-12-23(25)27/h3-9,12-13,15,19,21-22,26,31H,1,10-11,14,16-17H2,2H3,(H,33,35)(H,34,36)/t19-,21?,26?,30-/m1/s1. The summed E-state index contributed by atoms with van der Waals surface area (Å²) in [6, 6.07) is 16.7. The summed E-state index contributed by atoms with van der Waals surface area (Å²) in [6.45, 7) is 4.16. The molecular weight excluding hydrogens is 544 g/mol. The van der Waals surface area contributed by atoms with Crippen LogP contribution < -0.4 is 24.8 Å². The van der Waals surface area contributed by atoms with Crippen LogP contribution in [0.5, 0.6) is 11.5 Å². The van der Waals surface area contributed by atoms with Crippen molar-refractivity contribution < 1.29 is 27.5 Å². The fourth-order valence-corrected chi connectivity index (χ4v) is 6.72. The second kappa shape index (κ2) is 10.5. The molecule has 4 atom stereocenters. The quantitative estimate of drug-likeness (QED) is 0.314. The van der Waals surface area contributed by atoms with Gasteiger partial charge in [0.2, 0.25) is 15.9 Å². The largest absolute Gasteiger partial charge is 0.497 e. The van der Waals surface area contributed by atoms with Crippen molar-refractivity contribution in [2.45, 2.75) is 48.6 Å². The number of pyridine rings is 1. The zero-order valence-electron chi connectivity index (χ0n) is 22.6. The molecule has 0 radical (unpaired) electrons. The van der Waals surface area contributed by atoms with E-state index in [4.69, 9.17) is 14.5 Å². The van der Waals surface area contributed by atoms with Crippen molar-refractivity contribution in [1.82, 2.24) is 20.3 Å². The van der Waals surface area contributed by atoms with Crippen LogP contribution >= 0.6 is 0 Å². The fraction of sp³-hybridized carbons (Fsp3) is 0.367. The molecule has 2 unspecified atom stereocenters. The molecule has 3 aromatic rings. The second-order valence-corrected chi connectivity index (χ2v) is 12.8. The van der Waals surface area contributed by atoms with E-state index in [-0.39, 0.29) is 17.9 Å². The number of sulfonamides is 1. The normalized spacial score (nSPS) is 25.3. The maximum absolute atomic E-state index is 13.3. The van der Waals surface area contributed by atoms with Gasteiger partial charge in [-0.1, -0.05) is 36.4 Å². The molecule has 11 heteroatoms. The minimum absolute atomic E-state index is 0.301. The van der Waals surface area contributed by atoms with E-state index in [2.05, 4.69) is 21.9 Å². The maximum atomic E-state index is 13.3. The third kappa shape index (κ3) is 5.39. The van der Waals surface area contributed by atoms with Crippen molar-refractivity contribution in [1.29, 1.82) is 0 Å². The van der Waals surface area contributed by atoms with Gasteiger partial charge in [0.1, 0.15) is 23.1 Å². The average Bonchev–Trinajstić information content (AvgIpc) is 3.90. The minimum Gasteiger partial charge on any atom is -0.497 e. The van der Waals surface area contributed by atoms with Gasteiger partial charge < -0.3 is 20.1 Å². The Labute approximate surface area is 238 Å². The highest BCUT2D eigenvalue weighted by molar-refractivity contribution is 7.91. The Bertz CT molecular complexity index is 1620. The lowest BCUT2D eigenvalue weighted by molar-refractivity contribution is -0.130. The maximum Gasteiger partial charge on any atom is 0.259 e. The van der Waals surface area contributed by atoms with E-state index < -0.39 is 32.8 Å². The molecule has 1 aliphatic heterocycles. The molecule has 0 bridgehead atoms. The van der Waals surface area contributed by atoms with Crippen LogP contribution in [0.3, 0.4) is 0 Å². The van der Waals surface area contributed by atoms with E-state index in [1.165, 1.54) is 0 Å². The molecule has 3 aliphatic rings. The number of rotatable bonds is 10. The van der Waals surface area contributed by atoms with Crippen molar-refractivity contribution in [3.05, 3.63) is 67.3 Å². The van der Waals surface area contributed by atoms with Crippen molar-refractivity contribution >= 4 is 32.7 Å². The van der Waals surface area contributed by atoms with Gasteiger partial charge in [0.15, 0.2) is 0 Å². The summed E-state index contributed by atoms with van der Waals surface area (Å²) in [5.74, 6) is -0.110. The smallest absolute Gasteiger partial charge is 0.259 e. The number of carbonyl (C=O) groups excluding carboxylic acids is 2. The number of hydrogen-bond donors (Lipinski definition) is 3. The van der Waals surface area contributed by atoms with Crippen LogP contribution in [0, 0.1) is 5.92 Å². The lowest BCUT2D eigenvalue weighted by Crippen LogP contribution is -2.55. The summed E-state index contributed by atoms with van der Waals surface area (Å²) in [5.41, 5.74) is 1.10. The number of benzene rings is 2. The van der Waals surface area contributed by atoms with Crippen LogP contribution in [0.1, 0.15) is 25.7 Å². The molecule has 2 aromatic carbocycles. The second-order valence-electron chi connectivity index (χ2n) is 10.9. The Balaban J connectivity index is 1.17. The highest BCUT2D eigenvalue weighted by Crippen LogP contribution is 2.45. The zero-order chi connectivity index (χ0) is 28.8. The Morgan fingerprint density at radius 3 is 2.61 bits per heavy atom. The third-order valence-electron chi connectivity index (χ3n) is 8.00. The van der Waals surface area contributed by atoms with Crippen LogP contribution in [0.4, 0.5) is 0 Å². The Morgan fingerprint density at radius 2 is 1.93 bits per heavy atom. The molecule has 6 rings (SSSR count). The van der Waals surface area contributed by atoms with Crippen molar-refractivity contribution in [3.8, 4) is 22.8 Å². The van der Waals surface area contributed by atoms with E-state index >= 15 is 0 Å². The number of nitrogens with one attached hydrogen (secondary N) is 3. The van der Waals surface area contributed by atoms with E-state index in [1.807, 2.05) is 54.6 Å². The molecule has 214 valence electrons. The van der Waals surface area contributed by atoms with Gasteiger partial charge >= 0.3 is 0 Å². The lowest BCUT2D eigenvalue weighted by Gasteiger charge is -2.21. The van der Waals surface area contributed by atoms with Crippen LogP contribution in [-0.4, -0.2) is 61.8 Å². The summed E-state index contributed by atoms with van der Waals surface area (Å²) in [7, 11) is -2.13. The number of methoxy groups -OCH3 is 1. The van der Waals surface area contributed by atoms with Gasteiger partial charge in [-0.15, -0.1) is 6.58 Å². The zero-order valence-corrected chi connectivity index (χ0v) is 23.4. The molecule has 2 heterocycles. The predicted molar refractivity (Wildman–Crippen MR) is 154 cm³/mol. The van der Waals surface area contributed by atoms with E-state index in [0.717, 1.165) is 22.2 Å². The predicted octanol–water partition coefficient (Wildman–Crippen LogP) is 2.69. The van der Waals surface area contributed by atoms with Crippen LogP contribution in [0.2, 0.25) is 0 Å². The highest BCUT2D eigenvalue weighted by atomic mass is 32.2. The highest BCUT2D eigenvalue weighted by Gasteiger charge is 2.61. The van der Waals surface area contributed by atoms with Crippen molar-refractivity contribution in [2.24, 2.45) is 5.92 Å². The number of fused-ring (bicyclic) bond motifs is 1. The monoisotopic (exact) mass is 576 g/mol. The first-order chi connectivity index (χ1) is 19.7. The first-order valence-electron chi connectivity index (χ1n) is 13.7. The summed E-state index contributed by atoms with van der Waals surface area (Å²) in [6.07, 6.45) is 2.99. The van der Waals surface area contributed by atoms with Gasteiger partial charge in [-0.25, -0.2) is 13.4 Å². The Kier molecular flexibility index (Phi) is 6.95. The number of carbonyl (C=O) groups is 2. The number of ether oxygens (including phenoxy) is 2. The molecule has 2 aliphatic carbocycles. The van der Waals surface area contributed by atoms with Gasteiger partial charge in [0, 0.05) is 42.0 Å². The first-order valence-corrected chi connectivity index (χ1v) is 15.2. The fourth-order valence-electron chi connectivity index (χ4n) is 5.35. The van der Waals surface area contributed by atoms with Gasteiger partial charge in [-0.05, 0) is 31.4 Å². The molecule has 10 nitrogen and oxygen atoms in total. The molecular formula is C30H32N4O6S. The SMILES string of the molecule is C=C[C@@H]1C[C@]1(NC(=O)C1CC(Oc2cc(-c3ccccc3)nc3cc(OC)ccc23)CN1)C(=O)NS(=O)(=O)C1CC1. The van der Waals surface area contributed by atoms with Crippen LogP contribution in [0.15, 0.2) is 67.3 Å². The van der Waals surface area contributed by atoms with Gasteiger partial charge in [-0.3, -0.25) is 14.3 Å². The molecule has 2 saturated carbocycles. The number of amides is 2. The third-order valence-corrected chi connectivity index (χ3v) is 9.82. The summed E-state index contributed by atoms with van der Waals surface area (Å²) in [5, 5.41) is 6.29. The molecule has 2 amide bonds. The summed E-state index contributed by atoms with van der Waals surface area (Å²) in [4.78, 5) is 31.1. The first kappa shape index (κ1) is 27.2. The van der Waals surface area contributed by atoms with Gasteiger partial charge in [0.05, 0.1) is 29.6 Å². The number of nitrogens with zero attached hydrogens (tertiary/aromatic N) is 1. The van der Waals surface area contributed by atoms with E-state index in [9.17, 15) is 18.0 Å². The van der Waals surface area contributed by atoms with Crippen LogP contribution in [-0.2, 0) is 19.6 Å². The van der Waals surface area contributed by atoms with Crippen LogP contribution in [0.25, 0.3) is 22.2 Å². The van der Waals surface area contributed by atoms with E-state index in [0.29, 0.717) is 43.7 Å². The van der Waals surface area contributed by atoms with Crippen molar-refractivity contribution in [3.63, 3.8) is 0 Å². The Morgan fingerprint density at radius 1 is 1.15 bits per heavy atom. The average molecular weight is 577 g/mol. The topological polar surface area (TPSA) is 136 Å². The molecule has 3 fully saturated rings. The molecule has 3 N–H and O–H groups in total. The Hall–Kier alpha value is -3.96. The molecule has 0 spiro atoms.